The van der Waals surface area contributed by atoms with E-state index in [4.69, 9.17) is 0 Å². The lowest BCUT2D eigenvalue weighted by Gasteiger charge is -2.38. The standard InChI is InChI=1S/C37H47N3/c1-7-38(8-2)34-24-18-31(19-25-34)37(30-16-14-13-15-17-30,32-20-26-35(27-21-32)39(9-3)10-4)33-22-28-36(29-23-33)40(11-5)12-6/h13-29H,7-12H2,1-6H3. The molecule has 40 heavy (non-hydrogen) atoms. The van der Waals surface area contributed by atoms with Crippen LogP contribution in [0.25, 0.3) is 0 Å². The Morgan fingerprint density at radius 1 is 0.350 bits per heavy atom. The minimum absolute atomic E-state index is 0.452. The van der Waals surface area contributed by atoms with Crippen LogP contribution < -0.4 is 14.7 Å². The molecule has 0 spiro atoms. The van der Waals surface area contributed by atoms with Gasteiger partial charge in [-0.1, -0.05) is 66.7 Å². The average Bonchev–Trinajstić information content (AvgIpc) is 3.02. The van der Waals surface area contributed by atoms with Gasteiger partial charge in [-0.2, -0.15) is 0 Å². The summed E-state index contributed by atoms with van der Waals surface area (Å²) in [6, 6.07) is 38.9. The lowest BCUT2D eigenvalue weighted by molar-refractivity contribution is 0.742. The second kappa shape index (κ2) is 13.6. The quantitative estimate of drug-likeness (QED) is 0.159. The summed E-state index contributed by atoms with van der Waals surface area (Å²) in [6.07, 6.45) is 0. The van der Waals surface area contributed by atoms with E-state index in [-0.39, 0.29) is 0 Å². The molecule has 3 nitrogen and oxygen atoms in total. The van der Waals surface area contributed by atoms with Crippen LogP contribution in [0.2, 0.25) is 0 Å². The van der Waals surface area contributed by atoms with Gasteiger partial charge in [0.25, 0.3) is 0 Å². The van der Waals surface area contributed by atoms with E-state index in [2.05, 4.69) is 159 Å². The Kier molecular flexibility index (Phi) is 9.93. The molecule has 0 saturated carbocycles. The SMILES string of the molecule is CCN(CC)c1ccc(C(c2ccccc2)(c2ccc(N(CC)CC)cc2)c2ccc(N(CC)CC)cc2)cc1. The van der Waals surface area contributed by atoms with Crippen molar-refractivity contribution in [1.29, 1.82) is 0 Å². The third-order valence-corrected chi connectivity index (χ3v) is 8.49. The number of hydrogen-bond acceptors (Lipinski definition) is 3. The molecular formula is C37H47N3. The highest BCUT2D eigenvalue weighted by Gasteiger charge is 2.38. The maximum Gasteiger partial charge on any atom is 0.0701 e. The summed E-state index contributed by atoms with van der Waals surface area (Å²) in [7, 11) is 0. The highest BCUT2D eigenvalue weighted by atomic mass is 15.1. The summed E-state index contributed by atoms with van der Waals surface area (Å²) < 4.78 is 0. The van der Waals surface area contributed by atoms with E-state index in [1.165, 1.54) is 39.3 Å². The Morgan fingerprint density at radius 3 is 0.850 bits per heavy atom. The van der Waals surface area contributed by atoms with Gasteiger partial charge in [0.1, 0.15) is 0 Å². The van der Waals surface area contributed by atoms with E-state index in [1.807, 2.05) is 0 Å². The molecule has 0 amide bonds. The average molecular weight is 534 g/mol. The third kappa shape index (κ3) is 5.61. The highest BCUT2D eigenvalue weighted by Crippen LogP contribution is 2.46. The van der Waals surface area contributed by atoms with E-state index < -0.39 is 5.41 Å². The normalized spacial score (nSPS) is 11.3. The molecule has 0 radical (unpaired) electrons. The van der Waals surface area contributed by atoms with Crippen LogP contribution in [0.3, 0.4) is 0 Å². The molecule has 0 unspecified atom stereocenters. The largest absolute Gasteiger partial charge is 0.372 e. The lowest BCUT2D eigenvalue weighted by Crippen LogP contribution is -2.31. The molecule has 3 heteroatoms. The van der Waals surface area contributed by atoms with E-state index >= 15 is 0 Å². The highest BCUT2D eigenvalue weighted by molar-refractivity contribution is 5.64. The maximum absolute atomic E-state index is 2.41. The molecule has 0 aliphatic heterocycles. The van der Waals surface area contributed by atoms with Crippen molar-refractivity contribution >= 4 is 17.1 Å². The molecule has 210 valence electrons. The fraction of sp³-hybridized carbons (Fsp3) is 0.351. The number of hydrogen-bond donors (Lipinski definition) is 0. The van der Waals surface area contributed by atoms with Gasteiger partial charge in [-0.15, -0.1) is 0 Å². The fourth-order valence-corrected chi connectivity index (χ4v) is 6.22. The topological polar surface area (TPSA) is 9.72 Å². The van der Waals surface area contributed by atoms with Gasteiger partial charge in [0, 0.05) is 56.3 Å². The number of rotatable bonds is 13. The van der Waals surface area contributed by atoms with Crippen molar-refractivity contribution in [3.63, 3.8) is 0 Å². The van der Waals surface area contributed by atoms with Gasteiger partial charge in [-0.3, -0.25) is 0 Å². The van der Waals surface area contributed by atoms with Gasteiger partial charge in [0.05, 0.1) is 5.41 Å². The Balaban J connectivity index is 1.99. The first-order valence-electron chi connectivity index (χ1n) is 15.2. The van der Waals surface area contributed by atoms with Gasteiger partial charge in [0.2, 0.25) is 0 Å². The molecule has 0 aromatic heterocycles. The van der Waals surface area contributed by atoms with Crippen molar-refractivity contribution in [3.05, 3.63) is 125 Å². The molecule has 4 aromatic carbocycles. The molecule has 0 aliphatic carbocycles. The van der Waals surface area contributed by atoms with Crippen LogP contribution in [-0.4, -0.2) is 39.3 Å². The van der Waals surface area contributed by atoms with Gasteiger partial charge in [-0.05, 0) is 100 Å². The molecule has 0 atom stereocenters. The first kappa shape index (κ1) is 29.3. The number of benzene rings is 4. The predicted octanol–water partition coefficient (Wildman–Crippen LogP) is 8.61. The molecule has 0 N–H and O–H groups in total. The lowest BCUT2D eigenvalue weighted by atomic mass is 9.65. The fourth-order valence-electron chi connectivity index (χ4n) is 6.22. The van der Waals surface area contributed by atoms with Crippen LogP contribution in [0.4, 0.5) is 17.1 Å². The minimum atomic E-state index is -0.452. The number of anilines is 3. The van der Waals surface area contributed by atoms with Crippen LogP contribution in [0.1, 0.15) is 63.8 Å². The van der Waals surface area contributed by atoms with Crippen LogP contribution in [-0.2, 0) is 5.41 Å². The van der Waals surface area contributed by atoms with Crippen LogP contribution in [0, 0.1) is 0 Å². The van der Waals surface area contributed by atoms with Crippen molar-refractivity contribution in [2.24, 2.45) is 0 Å². The van der Waals surface area contributed by atoms with Crippen molar-refractivity contribution in [2.45, 2.75) is 47.0 Å². The zero-order valence-corrected chi connectivity index (χ0v) is 25.4. The van der Waals surface area contributed by atoms with Gasteiger partial charge in [-0.25, -0.2) is 0 Å². The molecule has 0 saturated heterocycles. The van der Waals surface area contributed by atoms with Crippen LogP contribution in [0.5, 0.6) is 0 Å². The Hall–Kier alpha value is -3.72. The predicted molar refractivity (Wildman–Crippen MR) is 175 cm³/mol. The van der Waals surface area contributed by atoms with Crippen molar-refractivity contribution in [2.75, 3.05) is 54.0 Å². The second-order valence-corrected chi connectivity index (χ2v) is 10.3. The molecule has 0 aliphatic rings. The van der Waals surface area contributed by atoms with E-state index in [0.29, 0.717) is 0 Å². The number of nitrogens with zero attached hydrogens (tertiary/aromatic N) is 3. The second-order valence-electron chi connectivity index (χ2n) is 10.3. The molecule has 4 aromatic rings. The first-order valence-corrected chi connectivity index (χ1v) is 15.2. The summed E-state index contributed by atoms with van der Waals surface area (Å²) >= 11 is 0. The first-order chi connectivity index (χ1) is 19.6. The summed E-state index contributed by atoms with van der Waals surface area (Å²) in [5.74, 6) is 0. The van der Waals surface area contributed by atoms with Crippen LogP contribution in [0.15, 0.2) is 103 Å². The van der Waals surface area contributed by atoms with Crippen molar-refractivity contribution in [3.8, 4) is 0 Å². The zero-order valence-electron chi connectivity index (χ0n) is 25.4. The van der Waals surface area contributed by atoms with E-state index in [9.17, 15) is 0 Å². The maximum atomic E-state index is 2.41. The molecule has 0 heterocycles. The Morgan fingerprint density at radius 2 is 0.600 bits per heavy atom. The summed E-state index contributed by atoms with van der Waals surface area (Å²) in [5, 5.41) is 0. The van der Waals surface area contributed by atoms with Gasteiger partial charge in [0.15, 0.2) is 0 Å². The van der Waals surface area contributed by atoms with E-state index in [1.54, 1.807) is 0 Å². The van der Waals surface area contributed by atoms with Crippen molar-refractivity contribution < 1.29 is 0 Å². The van der Waals surface area contributed by atoms with Crippen LogP contribution >= 0.6 is 0 Å². The van der Waals surface area contributed by atoms with Crippen molar-refractivity contribution in [1.82, 2.24) is 0 Å². The minimum Gasteiger partial charge on any atom is -0.372 e. The Labute approximate surface area is 243 Å². The summed E-state index contributed by atoms with van der Waals surface area (Å²) in [5.41, 5.74) is 8.46. The smallest absolute Gasteiger partial charge is 0.0701 e. The third-order valence-electron chi connectivity index (χ3n) is 8.49. The molecule has 0 fully saturated rings. The Bertz CT molecular complexity index is 1150. The molecule has 0 bridgehead atoms. The monoisotopic (exact) mass is 533 g/mol. The summed E-state index contributed by atoms with van der Waals surface area (Å²) in [6.45, 7) is 19.3. The van der Waals surface area contributed by atoms with E-state index in [0.717, 1.165) is 39.3 Å². The molecular weight excluding hydrogens is 486 g/mol. The van der Waals surface area contributed by atoms with Gasteiger partial charge >= 0.3 is 0 Å². The molecule has 4 rings (SSSR count). The van der Waals surface area contributed by atoms with Gasteiger partial charge < -0.3 is 14.7 Å². The summed E-state index contributed by atoms with van der Waals surface area (Å²) in [4.78, 5) is 7.23. The zero-order chi connectivity index (χ0) is 28.5.